The third kappa shape index (κ3) is 3.23. The van der Waals surface area contributed by atoms with Crippen molar-refractivity contribution in [2.45, 2.75) is 6.61 Å². The number of carbonyl (C=O) groups excluding carboxylic acids is 1. The summed E-state index contributed by atoms with van der Waals surface area (Å²) < 4.78 is 18.7. The number of primary amides is 1. The highest BCUT2D eigenvalue weighted by atomic mass is 35.5. The van der Waals surface area contributed by atoms with Crippen molar-refractivity contribution >= 4 is 17.5 Å². The maximum absolute atomic E-state index is 13.3. The van der Waals surface area contributed by atoms with Gasteiger partial charge in [0.25, 0.3) is 0 Å². The van der Waals surface area contributed by atoms with Crippen LogP contribution in [0.1, 0.15) is 15.9 Å². The smallest absolute Gasteiger partial charge is 0.248 e. The van der Waals surface area contributed by atoms with Gasteiger partial charge in [-0.25, -0.2) is 4.39 Å². The van der Waals surface area contributed by atoms with Gasteiger partial charge in [-0.2, -0.15) is 0 Å². The number of hydrogen-bond donors (Lipinski definition) is 1. The van der Waals surface area contributed by atoms with E-state index in [0.717, 1.165) is 0 Å². The molecule has 0 unspecified atom stereocenters. The van der Waals surface area contributed by atoms with E-state index in [0.29, 0.717) is 16.1 Å². The Balaban J connectivity index is 2.12. The summed E-state index contributed by atoms with van der Waals surface area (Å²) in [6.07, 6.45) is 0. The molecule has 0 fully saturated rings. The molecule has 0 saturated heterocycles. The first-order valence-electron chi connectivity index (χ1n) is 5.53. The average Bonchev–Trinajstić information content (AvgIpc) is 2.39. The lowest BCUT2D eigenvalue weighted by Gasteiger charge is -2.09. The van der Waals surface area contributed by atoms with Crippen LogP contribution in [-0.4, -0.2) is 5.91 Å². The lowest BCUT2D eigenvalue weighted by Crippen LogP contribution is -2.11. The summed E-state index contributed by atoms with van der Waals surface area (Å²) in [5, 5.41) is 0.354. The molecule has 5 heteroatoms. The topological polar surface area (TPSA) is 52.3 Å². The zero-order valence-corrected chi connectivity index (χ0v) is 10.7. The first kappa shape index (κ1) is 13.4. The van der Waals surface area contributed by atoms with Crippen LogP contribution in [0.3, 0.4) is 0 Å². The number of hydrogen-bond acceptors (Lipinski definition) is 2. The maximum Gasteiger partial charge on any atom is 0.248 e. The van der Waals surface area contributed by atoms with Crippen molar-refractivity contribution in [1.29, 1.82) is 0 Å². The number of carbonyl (C=O) groups is 1. The number of rotatable bonds is 4. The standard InChI is InChI=1S/C14H11ClFNO2/c15-11-7-9(14(17)18)5-6-10(11)8-19-13-4-2-1-3-12(13)16/h1-7H,8H2,(H2,17,18). The van der Waals surface area contributed by atoms with E-state index >= 15 is 0 Å². The van der Waals surface area contributed by atoms with Gasteiger partial charge in [-0.3, -0.25) is 4.79 Å². The van der Waals surface area contributed by atoms with Gasteiger partial charge in [0, 0.05) is 16.1 Å². The summed E-state index contributed by atoms with van der Waals surface area (Å²) in [6.45, 7) is 0.110. The van der Waals surface area contributed by atoms with E-state index in [1.54, 1.807) is 24.3 Å². The van der Waals surface area contributed by atoms with Gasteiger partial charge in [-0.05, 0) is 24.3 Å². The number of amides is 1. The van der Waals surface area contributed by atoms with E-state index in [-0.39, 0.29) is 12.4 Å². The molecular weight excluding hydrogens is 269 g/mol. The van der Waals surface area contributed by atoms with Gasteiger partial charge in [0.2, 0.25) is 5.91 Å². The van der Waals surface area contributed by atoms with Crippen molar-refractivity contribution in [2.24, 2.45) is 5.73 Å². The molecule has 0 saturated carbocycles. The Morgan fingerprint density at radius 1 is 1.26 bits per heavy atom. The third-order valence-corrected chi connectivity index (χ3v) is 2.91. The van der Waals surface area contributed by atoms with E-state index in [1.165, 1.54) is 18.2 Å². The Morgan fingerprint density at radius 3 is 2.63 bits per heavy atom. The van der Waals surface area contributed by atoms with E-state index in [9.17, 15) is 9.18 Å². The summed E-state index contributed by atoms with van der Waals surface area (Å²) in [7, 11) is 0. The maximum atomic E-state index is 13.3. The zero-order valence-electron chi connectivity index (χ0n) is 9.90. The van der Waals surface area contributed by atoms with Gasteiger partial charge in [-0.1, -0.05) is 29.8 Å². The van der Waals surface area contributed by atoms with Crippen LogP contribution >= 0.6 is 11.6 Å². The van der Waals surface area contributed by atoms with Crippen LogP contribution in [0.4, 0.5) is 4.39 Å². The molecule has 2 rings (SSSR count). The SMILES string of the molecule is NC(=O)c1ccc(COc2ccccc2F)c(Cl)c1. The van der Waals surface area contributed by atoms with Crippen LogP contribution in [0, 0.1) is 5.82 Å². The van der Waals surface area contributed by atoms with Crippen LogP contribution in [0.5, 0.6) is 5.75 Å². The minimum atomic E-state index is -0.552. The van der Waals surface area contributed by atoms with Crippen molar-refractivity contribution < 1.29 is 13.9 Å². The molecule has 0 spiro atoms. The number of nitrogens with two attached hydrogens (primary N) is 1. The Hall–Kier alpha value is -2.07. The number of benzene rings is 2. The molecule has 2 aromatic carbocycles. The van der Waals surface area contributed by atoms with E-state index in [4.69, 9.17) is 22.1 Å². The second-order valence-electron chi connectivity index (χ2n) is 3.89. The second-order valence-corrected chi connectivity index (χ2v) is 4.30. The molecule has 0 aliphatic rings. The zero-order chi connectivity index (χ0) is 13.8. The van der Waals surface area contributed by atoms with Gasteiger partial charge < -0.3 is 10.5 Å². The normalized spacial score (nSPS) is 10.2. The van der Waals surface area contributed by atoms with Gasteiger partial charge in [-0.15, -0.1) is 0 Å². The molecule has 98 valence electrons. The van der Waals surface area contributed by atoms with Crippen LogP contribution in [0.25, 0.3) is 0 Å². The van der Waals surface area contributed by atoms with Gasteiger partial charge in [0.1, 0.15) is 6.61 Å². The average molecular weight is 280 g/mol. The van der Waals surface area contributed by atoms with Crippen LogP contribution in [-0.2, 0) is 6.61 Å². The van der Waals surface area contributed by atoms with Crippen molar-refractivity contribution in [3.05, 3.63) is 64.4 Å². The van der Waals surface area contributed by atoms with Crippen molar-refractivity contribution in [1.82, 2.24) is 0 Å². The van der Waals surface area contributed by atoms with Gasteiger partial charge in [0.05, 0.1) is 0 Å². The summed E-state index contributed by atoms with van der Waals surface area (Å²) in [5.74, 6) is -0.839. The highest BCUT2D eigenvalue weighted by molar-refractivity contribution is 6.31. The summed E-state index contributed by atoms with van der Waals surface area (Å²) in [5.41, 5.74) is 6.11. The molecule has 2 aromatic rings. The number of halogens is 2. The van der Waals surface area contributed by atoms with E-state index in [2.05, 4.69) is 0 Å². The monoisotopic (exact) mass is 279 g/mol. The minimum absolute atomic E-state index is 0.110. The second kappa shape index (κ2) is 5.71. The van der Waals surface area contributed by atoms with Crippen LogP contribution < -0.4 is 10.5 Å². The molecule has 0 aliphatic heterocycles. The number of ether oxygens (including phenoxy) is 1. The predicted octanol–water partition coefficient (Wildman–Crippen LogP) is 3.16. The molecule has 0 radical (unpaired) electrons. The quantitative estimate of drug-likeness (QED) is 0.935. The molecule has 2 N–H and O–H groups in total. The van der Waals surface area contributed by atoms with Crippen molar-refractivity contribution in [3.8, 4) is 5.75 Å². The lowest BCUT2D eigenvalue weighted by molar-refractivity contribution is 0.1000. The fourth-order valence-electron chi connectivity index (χ4n) is 1.53. The Bertz CT molecular complexity index is 616. The third-order valence-electron chi connectivity index (χ3n) is 2.56. The first-order valence-corrected chi connectivity index (χ1v) is 5.91. The van der Waals surface area contributed by atoms with Crippen molar-refractivity contribution in [3.63, 3.8) is 0 Å². The molecule has 19 heavy (non-hydrogen) atoms. The van der Waals surface area contributed by atoms with Gasteiger partial charge in [0.15, 0.2) is 11.6 Å². The Morgan fingerprint density at radius 2 is 2.00 bits per heavy atom. The highest BCUT2D eigenvalue weighted by Gasteiger charge is 2.07. The molecule has 0 atom stereocenters. The molecule has 0 aliphatic carbocycles. The molecule has 3 nitrogen and oxygen atoms in total. The Kier molecular flexibility index (Phi) is 4.02. The fraction of sp³-hybridized carbons (Fsp3) is 0.0714. The lowest BCUT2D eigenvalue weighted by atomic mass is 10.1. The summed E-state index contributed by atoms with van der Waals surface area (Å²) in [6, 6.07) is 10.7. The molecule has 0 heterocycles. The van der Waals surface area contributed by atoms with Crippen LogP contribution in [0.15, 0.2) is 42.5 Å². The van der Waals surface area contributed by atoms with Gasteiger partial charge >= 0.3 is 0 Å². The molecule has 0 bridgehead atoms. The molecule has 1 amide bonds. The van der Waals surface area contributed by atoms with Crippen molar-refractivity contribution in [2.75, 3.05) is 0 Å². The summed E-state index contributed by atoms with van der Waals surface area (Å²) in [4.78, 5) is 11.0. The van der Waals surface area contributed by atoms with Crippen LogP contribution in [0.2, 0.25) is 5.02 Å². The number of para-hydroxylation sites is 1. The Labute approximate surface area is 114 Å². The van der Waals surface area contributed by atoms with E-state index < -0.39 is 11.7 Å². The molecule has 0 aromatic heterocycles. The minimum Gasteiger partial charge on any atom is -0.486 e. The largest absolute Gasteiger partial charge is 0.486 e. The van der Waals surface area contributed by atoms with E-state index in [1.807, 2.05) is 0 Å². The predicted molar refractivity (Wildman–Crippen MR) is 70.7 cm³/mol. The summed E-state index contributed by atoms with van der Waals surface area (Å²) >= 11 is 6.00. The fourth-order valence-corrected chi connectivity index (χ4v) is 1.77. The highest BCUT2D eigenvalue weighted by Crippen LogP contribution is 2.21. The first-order chi connectivity index (χ1) is 9.08. The molecular formula is C14H11ClFNO2.